The summed E-state index contributed by atoms with van der Waals surface area (Å²) in [6.45, 7) is 3.27. The van der Waals surface area contributed by atoms with Crippen molar-refractivity contribution in [2.24, 2.45) is 0 Å². The summed E-state index contributed by atoms with van der Waals surface area (Å²) in [4.78, 5) is 2.31. The molecule has 2 aromatic rings. The second-order valence-electron chi connectivity index (χ2n) is 6.33. The van der Waals surface area contributed by atoms with Gasteiger partial charge in [-0.25, -0.2) is 13.1 Å². The molecule has 1 unspecified atom stereocenters. The second-order valence-corrected chi connectivity index (χ2v) is 8.10. The Morgan fingerprint density at radius 1 is 1.23 bits per heavy atom. The fourth-order valence-corrected chi connectivity index (χ4v) is 4.10. The number of nitrogens with zero attached hydrogens (tertiary/aromatic N) is 1. The van der Waals surface area contributed by atoms with Crippen molar-refractivity contribution in [1.82, 2.24) is 4.72 Å². The number of aliphatic hydroxyl groups is 1. The molecule has 1 heterocycles. The van der Waals surface area contributed by atoms with Crippen LogP contribution in [0.2, 0.25) is 0 Å². The van der Waals surface area contributed by atoms with E-state index < -0.39 is 16.1 Å². The van der Waals surface area contributed by atoms with E-state index >= 15 is 0 Å². The first-order chi connectivity index (χ1) is 12.4. The molecule has 1 aliphatic heterocycles. The molecule has 2 aromatic carbocycles. The normalized spacial score (nSPS) is 15.0. The van der Waals surface area contributed by atoms with Gasteiger partial charge in [-0.15, -0.1) is 0 Å². The first-order valence-electron chi connectivity index (χ1n) is 8.65. The number of likely N-dealkylation sites (N-methyl/N-ethyl adjacent to an activating group) is 1. The largest absolute Gasteiger partial charge is 0.494 e. The average molecular weight is 376 g/mol. The predicted molar refractivity (Wildman–Crippen MR) is 101 cm³/mol. The van der Waals surface area contributed by atoms with E-state index in [2.05, 4.69) is 9.62 Å². The molecule has 0 bridgehead atoms. The molecule has 0 spiro atoms. The number of hydrogen-bond acceptors (Lipinski definition) is 5. The van der Waals surface area contributed by atoms with Crippen LogP contribution in [0.1, 0.15) is 24.2 Å². The monoisotopic (exact) mass is 376 g/mol. The summed E-state index contributed by atoms with van der Waals surface area (Å²) in [6, 6.07) is 12.0. The molecule has 1 atom stereocenters. The first-order valence-corrected chi connectivity index (χ1v) is 10.1. The van der Waals surface area contributed by atoms with Crippen molar-refractivity contribution in [2.45, 2.75) is 24.3 Å². The summed E-state index contributed by atoms with van der Waals surface area (Å²) in [5.74, 6) is 0.620. The molecule has 6 nitrogen and oxygen atoms in total. The number of ether oxygens (including phenoxy) is 1. The molecule has 0 aromatic heterocycles. The Kier molecular flexibility index (Phi) is 5.50. The van der Waals surface area contributed by atoms with E-state index in [1.807, 2.05) is 32.2 Å². The van der Waals surface area contributed by atoms with Gasteiger partial charge in [-0.2, -0.15) is 0 Å². The lowest BCUT2D eigenvalue weighted by atomic mass is 10.0. The highest BCUT2D eigenvalue weighted by molar-refractivity contribution is 7.89. The summed E-state index contributed by atoms with van der Waals surface area (Å²) in [6.07, 6.45) is 0.0355. The van der Waals surface area contributed by atoms with Crippen LogP contribution >= 0.6 is 0 Å². The van der Waals surface area contributed by atoms with Gasteiger partial charge < -0.3 is 14.7 Å². The van der Waals surface area contributed by atoms with Crippen molar-refractivity contribution in [3.8, 4) is 5.75 Å². The summed E-state index contributed by atoms with van der Waals surface area (Å²) in [5.41, 5.74) is 3.06. The molecule has 1 aliphatic rings. The smallest absolute Gasteiger partial charge is 0.240 e. The zero-order valence-corrected chi connectivity index (χ0v) is 15.8. The molecule has 3 rings (SSSR count). The highest BCUT2D eigenvalue weighted by Gasteiger charge is 2.20. The van der Waals surface area contributed by atoms with Gasteiger partial charge in [-0.3, -0.25) is 0 Å². The van der Waals surface area contributed by atoms with Crippen molar-refractivity contribution >= 4 is 15.7 Å². The Morgan fingerprint density at radius 2 is 1.96 bits per heavy atom. The van der Waals surface area contributed by atoms with E-state index in [-0.39, 0.29) is 11.4 Å². The van der Waals surface area contributed by atoms with Crippen LogP contribution in [0.4, 0.5) is 5.69 Å². The molecule has 0 saturated carbocycles. The third-order valence-corrected chi connectivity index (χ3v) is 5.97. The van der Waals surface area contributed by atoms with Gasteiger partial charge in [0, 0.05) is 25.8 Å². The van der Waals surface area contributed by atoms with E-state index in [1.165, 1.54) is 17.7 Å². The molecule has 0 fully saturated rings. The number of hydrogen-bond donors (Lipinski definition) is 2. The second kappa shape index (κ2) is 7.65. The Labute approximate surface area is 154 Å². The number of benzene rings is 2. The zero-order valence-electron chi connectivity index (χ0n) is 15.0. The van der Waals surface area contributed by atoms with Crippen LogP contribution in [-0.4, -0.2) is 40.3 Å². The molecule has 0 aliphatic carbocycles. The quantitative estimate of drug-likeness (QED) is 0.774. The fraction of sp³-hybridized carbons (Fsp3) is 0.368. The number of sulfonamides is 1. The molecular weight excluding hydrogens is 352 g/mol. The minimum atomic E-state index is -3.69. The maximum absolute atomic E-state index is 12.4. The van der Waals surface area contributed by atoms with E-state index in [0.29, 0.717) is 17.9 Å². The minimum absolute atomic E-state index is 0.0792. The Morgan fingerprint density at radius 3 is 2.65 bits per heavy atom. The number of anilines is 1. The SMILES string of the molecule is CCOc1ccc(S(=O)(=O)NCC(O)c2ccc3c(c2)CCN3C)cc1. The molecule has 26 heavy (non-hydrogen) atoms. The van der Waals surface area contributed by atoms with Crippen LogP contribution in [0.25, 0.3) is 0 Å². The van der Waals surface area contributed by atoms with E-state index in [0.717, 1.165) is 18.7 Å². The van der Waals surface area contributed by atoms with Crippen molar-refractivity contribution < 1.29 is 18.3 Å². The van der Waals surface area contributed by atoms with Gasteiger partial charge >= 0.3 is 0 Å². The molecule has 140 valence electrons. The Hall–Kier alpha value is -2.09. The van der Waals surface area contributed by atoms with Gasteiger partial charge in [0.15, 0.2) is 0 Å². The summed E-state index contributed by atoms with van der Waals surface area (Å²) < 4.78 is 32.6. The van der Waals surface area contributed by atoms with Crippen LogP contribution in [-0.2, 0) is 16.4 Å². The summed E-state index contributed by atoms with van der Waals surface area (Å²) >= 11 is 0. The maximum atomic E-state index is 12.4. The molecule has 2 N–H and O–H groups in total. The third-order valence-electron chi connectivity index (χ3n) is 4.53. The standard InChI is InChI=1S/C19H24N2O4S/c1-3-25-16-5-7-17(8-6-16)26(23,24)20-13-19(22)15-4-9-18-14(12-15)10-11-21(18)2/h4-9,12,19-20,22H,3,10-11,13H2,1-2H3. The number of rotatable bonds is 7. The maximum Gasteiger partial charge on any atom is 0.240 e. The van der Waals surface area contributed by atoms with Crippen LogP contribution in [0.15, 0.2) is 47.4 Å². The van der Waals surface area contributed by atoms with Gasteiger partial charge in [-0.1, -0.05) is 12.1 Å². The minimum Gasteiger partial charge on any atom is -0.494 e. The predicted octanol–water partition coefficient (Wildman–Crippen LogP) is 2.09. The first kappa shape index (κ1) is 18.7. The zero-order chi connectivity index (χ0) is 18.7. The average Bonchev–Trinajstić information content (AvgIpc) is 3.01. The van der Waals surface area contributed by atoms with Crippen LogP contribution in [0.5, 0.6) is 5.75 Å². The highest BCUT2D eigenvalue weighted by atomic mass is 32.2. The fourth-order valence-electron chi connectivity index (χ4n) is 3.07. The van der Waals surface area contributed by atoms with Gasteiger partial charge in [-0.05, 0) is 54.8 Å². The Bertz CT molecular complexity index is 866. The molecule has 0 radical (unpaired) electrons. The lowest BCUT2D eigenvalue weighted by Crippen LogP contribution is -2.28. The van der Waals surface area contributed by atoms with Crippen LogP contribution in [0, 0.1) is 0 Å². The van der Waals surface area contributed by atoms with Crippen molar-refractivity contribution in [1.29, 1.82) is 0 Å². The molecule has 0 saturated heterocycles. The van der Waals surface area contributed by atoms with E-state index in [9.17, 15) is 13.5 Å². The lowest BCUT2D eigenvalue weighted by Gasteiger charge is -2.16. The van der Waals surface area contributed by atoms with Crippen LogP contribution < -0.4 is 14.4 Å². The van der Waals surface area contributed by atoms with Gasteiger partial charge in [0.1, 0.15) is 5.75 Å². The number of nitrogens with one attached hydrogen (secondary N) is 1. The van der Waals surface area contributed by atoms with E-state index in [1.54, 1.807) is 12.1 Å². The van der Waals surface area contributed by atoms with Crippen LogP contribution in [0.3, 0.4) is 0 Å². The van der Waals surface area contributed by atoms with E-state index in [4.69, 9.17) is 4.74 Å². The van der Waals surface area contributed by atoms with Gasteiger partial charge in [0.05, 0.1) is 17.6 Å². The topological polar surface area (TPSA) is 78.9 Å². The van der Waals surface area contributed by atoms with Crippen molar-refractivity contribution in [3.63, 3.8) is 0 Å². The summed E-state index contributed by atoms with van der Waals surface area (Å²) in [5, 5.41) is 10.4. The molecule has 7 heteroatoms. The third kappa shape index (κ3) is 4.00. The molecular formula is C19H24N2O4S. The van der Waals surface area contributed by atoms with Crippen molar-refractivity contribution in [3.05, 3.63) is 53.6 Å². The molecule has 0 amide bonds. The summed E-state index contributed by atoms with van der Waals surface area (Å²) in [7, 11) is -1.65. The lowest BCUT2D eigenvalue weighted by molar-refractivity contribution is 0.182. The number of fused-ring (bicyclic) bond motifs is 1. The Balaban J connectivity index is 1.65. The van der Waals surface area contributed by atoms with Gasteiger partial charge in [0.25, 0.3) is 0 Å². The van der Waals surface area contributed by atoms with Crippen molar-refractivity contribution in [2.75, 3.05) is 31.6 Å². The number of aliphatic hydroxyl groups excluding tert-OH is 1. The van der Waals surface area contributed by atoms with Gasteiger partial charge in [0.2, 0.25) is 10.0 Å². The highest BCUT2D eigenvalue weighted by Crippen LogP contribution is 2.29.